The van der Waals surface area contributed by atoms with E-state index in [1.54, 1.807) is 6.08 Å². The number of rotatable bonds is 48. The van der Waals surface area contributed by atoms with Crippen molar-refractivity contribution in [3.05, 3.63) is 24.3 Å². The number of carbonyl (C=O) groups is 1. The fraction of sp³-hybridized carbons (Fsp3) is 0.911. The van der Waals surface area contributed by atoms with E-state index in [1.165, 1.54) is 212 Å². The van der Waals surface area contributed by atoms with Gasteiger partial charge < -0.3 is 40.3 Å². The normalized spacial score (nSPS) is 20.0. The minimum absolute atomic E-state index is 0.184. The van der Waals surface area contributed by atoms with Gasteiger partial charge in [0.05, 0.1) is 25.4 Å². The van der Waals surface area contributed by atoms with E-state index in [9.17, 15) is 30.3 Å². The van der Waals surface area contributed by atoms with Crippen molar-refractivity contribution in [2.24, 2.45) is 0 Å². The topological polar surface area (TPSA) is 149 Å². The Labute approximate surface area is 400 Å². The summed E-state index contributed by atoms with van der Waals surface area (Å²) in [6, 6.07) is -0.817. The Balaban J connectivity index is 2.20. The molecule has 0 aromatic rings. The molecule has 9 heteroatoms. The second-order valence-electron chi connectivity index (χ2n) is 19.7. The molecule has 0 spiro atoms. The first-order chi connectivity index (χ1) is 31.8. The highest BCUT2D eigenvalue weighted by Gasteiger charge is 2.44. The average molecular weight is 922 g/mol. The standard InChI is InChI=1S/C56H107NO8/c1-3-5-7-9-11-13-15-17-18-19-20-21-22-23-24-25-26-27-28-29-30-31-32-34-35-37-39-41-43-45-50(59)49(48-64-56-55(63)54(62)53(61)51(47-58)65-56)57-52(60)46-44-42-40-38-36-33-16-14-12-10-8-6-4-2/h35,37,43,45,49-51,53-56,58-59,61-63H,3-34,36,38-42,44,46-48H2,1-2H3,(H,57,60)/b37-35+,45-43+. The number of allylic oxidation sites excluding steroid dienone is 3. The monoisotopic (exact) mass is 922 g/mol. The second kappa shape index (κ2) is 46.4. The molecule has 0 aromatic carbocycles. The van der Waals surface area contributed by atoms with Crippen LogP contribution in [-0.4, -0.2) is 87.5 Å². The lowest BCUT2D eigenvalue weighted by molar-refractivity contribution is -0.302. The van der Waals surface area contributed by atoms with Crippen molar-refractivity contribution in [3.63, 3.8) is 0 Å². The van der Waals surface area contributed by atoms with Crippen LogP contribution in [0.3, 0.4) is 0 Å². The Morgan fingerprint density at radius 1 is 0.508 bits per heavy atom. The number of hydrogen-bond acceptors (Lipinski definition) is 8. The molecule has 0 aliphatic carbocycles. The van der Waals surface area contributed by atoms with E-state index in [-0.39, 0.29) is 12.5 Å². The first-order valence-corrected chi connectivity index (χ1v) is 28.1. The van der Waals surface area contributed by atoms with Gasteiger partial charge in [0.25, 0.3) is 0 Å². The lowest BCUT2D eigenvalue weighted by Crippen LogP contribution is -2.60. The summed E-state index contributed by atoms with van der Waals surface area (Å²) in [6.07, 6.45) is 51.2. The van der Waals surface area contributed by atoms with Gasteiger partial charge in [0.15, 0.2) is 6.29 Å². The molecule has 1 rings (SSSR count). The predicted octanol–water partition coefficient (Wildman–Crippen LogP) is 13.4. The summed E-state index contributed by atoms with van der Waals surface area (Å²) in [6.45, 7) is 3.78. The molecule has 0 aromatic heterocycles. The second-order valence-corrected chi connectivity index (χ2v) is 19.7. The quantitative estimate of drug-likeness (QED) is 0.0261. The molecule has 1 fully saturated rings. The van der Waals surface area contributed by atoms with Crippen molar-refractivity contribution < 1.29 is 39.8 Å². The zero-order valence-corrected chi connectivity index (χ0v) is 42.5. The van der Waals surface area contributed by atoms with Crippen LogP contribution in [0.2, 0.25) is 0 Å². The van der Waals surface area contributed by atoms with Crippen LogP contribution in [0.5, 0.6) is 0 Å². The van der Waals surface area contributed by atoms with Crippen LogP contribution in [0.4, 0.5) is 0 Å². The molecule has 9 nitrogen and oxygen atoms in total. The summed E-state index contributed by atoms with van der Waals surface area (Å²) < 4.78 is 11.2. The number of unbranched alkanes of at least 4 members (excludes halogenated alkanes) is 36. The lowest BCUT2D eigenvalue weighted by Gasteiger charge is -2.40. The summed E-state index contributed by atoms with van der Waals surface area (Å²) in [4.78, 5) is 13.0. The maximum Gasteiger partial charge on any atom is 0.220 e. The van der Waals surface area contributed by atoms with E-state index >= 15 is 0 Å². The summed E-state index contributed by atoms with van der Waals surface area (Å²) in [5.41, 5.74) is 0. The summed E-state index contributed by atoms with van der Waals surface area (Å²) in [7, 11) is 0. The molecule has 1 saturated heterocycles. The minimum Gasteiger partial charge on any atom is -0.394 e. The van der Waals surface area contributed by atoms with Crippen LogP contribution in [0.25, 0.3) is 0 Å². The summed E-state index contributed by atoms with van der Waals surface area (Å²) >= 11 is 0. The highest BCUT2D eigenvalue weighted by atomic mass is 16.7. The van der Waals surface area contributed by atoms with Crippen molar-refractivity contribution in [1.82, 2.24) is 5.32 Å². The lowest BCUT2D eigenvalue weighted by atomic mass is 9.99. The van der Waals surface area contributed by atoms with Gasteiger partial charge in [0.2, 0.25) is 5.91 Å². The van der Waals surface area contributed by atoms with Crippen LogP contribution in [0, 0.1) is 0 Å². The molecule has 1 aliphatic heterocycles. The molecular weight excluding hydrogens is 815 g/mol. The zero-order chi connectivity index (χ0) is 47.3. The van der Waals surface area contributed by atoms with Crippen LogP contribution in [0.1, 0.15) is 271 Å². The van der Waals surface area contributed by atoms with Gasteiger partial charge in [-0.3, -0.25) is 4.79 Å². The molecule has 7 atom stereocenters. The fourth-order valence-electron chi connectivity index (χ4n) is 9.06. The van der Waals surface area contributed by atoms with Gasteiger partial charge in [-0.2, -0.15) is 0 Å². The first kappa shape index (κ1) is 61.7. The van der Waals surface area contributed by atoms with Crippen molar-refractivity contribution in [3.8, 4) is 0 Å². The number of aliphatic hydroxyl groups excluding tert-OH is 5. The summed E-state index contributed by atoms with van der Waals surface area (Å²) in [5.74, 6) is -0.184. The van der Waals surface area contributed by atoms with Crippen molar-refractivity contribution in [1.29, 1.82) is 0 Å². The Kier molecular flexibility index (Phi) is 44.0. The number of carbonyl (C=O) groups excluding carboxylic acids is 1. The number of nitrogens with one attached hydrogen (secondary N) is 1. The van der Waals surface area contributed by atoms with Crippen molar-refractivity contribution in [2.75, 3.05) is 13.2 Å². The maximum atomic E-state index is 13.0. The molecule has 7 unspecified atom stereocenters. The molecule has 0 radical (unpaired) electrons. The van der Waals surface area contributed by atoms with Gasteiger partial charge in [-0.15, -0.1) is 0 Å². The van der Waals surface area contributed by atoms with Gasteiger partial charge in [0, 0.05) is 6.42 Å². The van der Waals surface area contributed by atoms with Crippen molar-refractivity contribution in [2.45, 2.75) is 314 Å². The zero-order valence-electron chi connectivity index (χ0n) is 42.5. The Morgan fingerprint density at radius 3 is 1.29 bits per heavy atom. The number of ether oxygens (including phenoxy) is 2. The van der Waals surface area contributed by atoms with Crippen LogP contribution < -0.4 is 5.32 Å². The Bertz CT molecular complexity index is 1070. The molecule has 65 heavy (non-hydrogen) atoms. The predicted molar refractivity (Wildman–Crippen MR) is 272 cm³/mol. The molecule has 6 N–H and O–H groups in total. The van der Waals surface area contributed by atoms with Gasteiger partial charge in [0.1, 0.15) is 24.4 Å². The molecule has 0 saturated carbocycles. The van der Waals surface area contributed by atoms with E-state index in [1.807, 2.05) is 6.08 Å². The molecular formula is C56H107NO8. The third-order valence-electron chi connectivity index (χ3n) is 13.5. The molecule has 1 amide bonds. The Hall–Kier alpha value is -1.33. The first-order valence-electron chi connectivity index (χ1n) is 28.1. The van der Waals surface area contributed by atoms with Gasteiger partial charge >= 0.3 is 0 Å². The third kappa shape index (κ3) is 36.3. The molecule has 384 valence electrons. The van der Waals surface area contributed by atoms with Crippen LogP contribution in [-0.2, 0) is 14.3 Å². The highest BCUT2D eigenvalue weighted by Crippen LogP contribution is 2.23. The maximum absolute atomic E-state index is 13.0. The smallest absolute Gasteiger partial charge is 0.220 e. The van der Waals surface area contributed by atoms with Crippen LogP contribution in [0.15, 0.2) is 24.3 Å². The largest absolute Gasteiger partial charge is 0.394 e. The van der Waals surface area contributed by atoms with E-state index in [4.69, 9.17) is 9.47 Å². The summed E-state index contributed by atoms with van der Waals surface area (Å²) in [5, 5.41) is 54.3. The van der Waals surface area contributed by atoms with Gasteiger partial charge in [-0.1, -0.05) is 256 Å². The number of aliphatic hydroxyl groups is 5. The van der Waals surface area contributed by atoms with Gasteiger partial charge in [-0.05, 0) is 32.1 Å². The minimum atomic E-state index is -1.57. The van der Waals surface area contributed by atoms with E-state index in [0.717, 1.165) is 38.5 Å². The molecule has 1 heterocycles. The molecule has 1 aliphatic rings. The van der Waals surface area contributed by atoms with E-state index < -0.39 is 49.5 Å². The number of amides is 1. The Morgan fingerprint density at radius 2 is 0.877 bits per heavy atom. The number of hydrogen-bond donors (Lipinski definition) is 6. The highest BCUT2D eigenvalue weighted by molar-refractivity contribution is 5.76. The molecule has 0 bridgehead atoms. The van der Waals surface area contributed by atoms with E-state index in [0.29, 0.717) is 6.42 Å². The fourth-order valence-corrected chi connectivity index (χ4v) is 9.06. The SMILES string of the molecule is CCCCCCCCCCCCCCCCCCCCCCCCC/C=C/CC/C=C/C(O)C(COC1OC(CO)C(O)C(O)C1O)NC(=O)CCCCCCCCCCCCCCC. The third-order valence-corrected chi connectivity index (χ3v) is 13.5. The van der Waals surface area contributed by atoms with Crippen LogP contribution >= 0.6 is 0 Å². The van der Waals surface area contributed by atoms with Gasteiger partial charge in [-0.25, -0.2) is 0 Å². The average Bonchev–Trinajstić information content (AvgIpc) is 3.31. The van der Waals surface area contributed by atoms with Crippen molar-refractivity contribution >= 4 is 5.91 Å². The van der Waals surface area contributed by atoms with E-state index in [2.05, 4.69) is 31.3 Å².